The van der Waals surface area contributed by atoms with Crippen molar-refractivity contribution in [2.75, 3.05) is 17.3 Å². The van der Waals surface area contributed by atoms with Gasteiger partial charge in [0.25, 0.3) is 5.91 Å². The maximum absolute atomic E-state index is 12.0. The Kier molecular flexibility index (Phi) is 4.15. The number of hydrogen-bond acceptors (Lipinski definition) is 5. The number of amides is 1. The van der Waals surface area contributed by atoms with E-state index in [1.54, 1.807) is 0 Å². The van der Waals surface area contributed by atoms with Crippen LogP contribution in [-0.4, -0.2) is 25.6 Å². The fourth-order valence-electron chi connectivity index (χ4n) is 1.62. The Bertz CT molecular complexity index is 769. The predicted molar refractivity (Wildman–Crippen MR) is 81.2 cm³/mol. The molecule has 1 amide bonds. The molecule has 1 aromatic carbocycles. The van der Waals surface area contributed by atoms with Crippen molar-refractivity contribution in [3.05, 3.63) is 47.1 Å². The number of rotatable bonds is 3. The Morgan fingerprint density at radius 2 is 2.00 bits per heavy atom. The molecule has 0 bridgehead atoms. The highest BCUT2D eigenvalue weighted by atomic mass is 35.5. The van der Waals surface area contributed by atoms with Crippen LogP contribution in [0.3, 0.4) is 0 Å². The average Bonchev–Trinajstić information content (AvgIpc) is 2.37. The molecule has 0 saturated heterocycles. The molecule has 0 fully saturated rings. The highest BCUT2D eigenvalue weighted by molar-refractivity contribution is 7.90. The minimum Gasteiger partial charge on any atom is -0.399 e. The lowest BCUT2D eigenvalue weighted by atomic mass is 10.2. The Balaban J connectivity index is 2.20. The largest absolute Gasteiger partial charge is 0.399 e. The molecule has 2 rings (SSSR count). The maximum atomic E-state index is 12.0. The summed E-state index contributed by atoms with van der Waals surface area (Å²) in [6, 6.07) is 7.26. The number of nitrogens with zero attached hydrogens (tertiary/aromatic N) is 1. The van der Waals surface area contributed by atoms with Gasteiger partial charge in [0.2, 0.25) is 0 Å². The predicted octanol–water partition coefficient (Wildman–Crippen LogP) is 1.97. The fourth-order valence-corrected chi connectivity index (χ4v) is 2.42. The fraction of sp³-hybridized carbons (Fsp3) is 0.0769. The molecule has 6 nitrogen and oxygen atoms in total. The van der Waals surface area contributed by atoms with Gasteiger partial charge in [-0.15, -0.1) is 0 Å². The van der Waals surface area contributed by atoms with Crippen molar-refractivity contribution in [3.63, 3.8) is 0 Å². The number of hydrogen-bond donors (Lipinski definition) is 2. The highest BCUT2D eigenvalue weighted by Gasteiger charge is 2.11. The topological polar surface area (TPSA) is 102 Å². The number of nitrogens with two attached hydrogens (primary N) is 1. The zero-order chi connectivity index (χ0) is 15.6. The van der Waals surface area contributed by atoms with E-state index < -0.39 is 15.7 Å². The van der Waals surface area contributed by atoms with Crippen LogP contribution in [0.4, 0.5) is 11.4 Å². The van der Waals surface area contributed by atoms with Crippen molar-refractivity contribution in [1.29, 1.82) is 0 Å². The number of carbonyl (C=O) groups excluding carboxylic acids is 1. The standard InChI is InChI=1S/C13H12ClN3O3S/c1-21(19,20)12-3-2-11(7-16-12)17-13(18)8-4-9(14)6-10(15)5-8/h2-7H,15H2,1H3,(H,17,18). The van der Waals surface area contributed by atoms with Gasteiger partial charge in [-0.1, -0.05) is 11.6 Å². The molecule has 0 spiro atoms. The molecule has 1 heterocycles. The van der Waals surface area contributed by atoms with E-state index in [4.69, 9.17) is 17.3 Å². The number of nitrogen functional groups attached to an aromatic ring is 1. The van der Waals surface area contributed by atoms with E-state index in [9.17, 15) is 13.2 Å². The van der Waals surface area contributed by atoms with E-state index in [1.165, 1.54) is 36.5 Å². The maximum Gasteiger partial charge on any atom is 0.255 e. The molecule has 0 aliphatic carbocycles. The summed E-state index contributed by atoms with van der Waals surface area (Å²) in [5.74, 6) is -0.418. The third-order valence-electron chi connectivity index (χ3n) is 2.56. The lowest BCUT2D eigenvalue weighted by Crippen LogP contribution is -2.13. The molecular weight excluding hydrogens is 314 g/mol. The van der Waals surface area contributed by atoms with Crippen molar-refractivity contribution in [3.8, 4) is 0 Å². The summed E-state index contributed by atoms with van der Waals surface area (Å²) in [6.45, 7) is 0. The molecule has 1 aromatic heterocycles. The second kappa shape index (κ2) is 5.71. The van der Waals surface area contributed by atoms with Gasteiger partial charge in [0.1, 0.15) is 0 Å². The van der Waals surface area contributed by atoms with Crippen molar-refractivity contribution < 1.29 is 13.2 Å². The van der Waals surface area contributed by atoms with Gasteiger partial charge in [-0.25, -0.2) is 13.4 Å². The van der Waals surface area contributed by atoms with Crippen LogP contribution >= 0.6 is 11.6 Å². The van der Waals surface area contributed by atoms with Crippen LogP contribution in [0.25, 0.3) is 0 Å². The Hall–Kier alpha value is -2.12. The van der Waals surface area contributed by atoms with Gasteiger partial charge in [0.15, 0.2) is 14.9 Å². The summed E-state index contributed by atoms with van der Waals surface area (Å²) in [5, 5.41) is 2.87. The first-order chi connectivity index (χ1) is 9.75. The van der Waals surface area contributed by atoms with Gasteiger partial charge < -0.3 is 11.1 Å². The molecule has 0 atom stereocenters. The summed E-state index contributed by atoms with van der Waals surface area (Å²) in [7, 11) is -3.37. The molecule has 2 aromatic rings. The quantitative estimate of drug-likeness (QED) is 0.840. The van der Waals surface area contributed by atoms with Gasteiger partial charge >= 0.3 is 0 Å². The SMILES string of the molecule is CS(=O)(=O)c1ccc(NC(=O)c2cc(N)cc(Cl)c2)cn1. The Morgan fingerprint density at radius 3 is 2.52 bits per heavy atom. The van der Waals surface area contributed by atoms with Crippen LogP contribution in [0.2, 0.25) is 5.02 Å². The molecule has 21 heavy (non-hydrogen) atoms. The van der Waals surface area contributed by atoms with Crippen molar-refractivity contribution in [2.24, 2.45) is 0 Å². The zero-order valence-electron chi connectivity index (χ0n) is 11.0. The van der Waals surface area contributed by atoms with Gasteiger partial charge in [0.05, 0.1) is 11.9 Å². The van der Waals surface area contributed by atoms with Crippen LogP contribution in [0.15, 0.2) is 41.6 Å². The number of sulfone groups is 1. The number of nitrogens with one attached hydrogen (secondary N) is 1. The number of halogens is 1. The molecule has 0 saturated carbocycles. The van der Waals surface area contributed by atoms with E-state index >= 15 is 0 Å². The Labute approximate surface area is 126 Å². The lowest BCUT2D eigenvalue weighted by Gasteiger charge is -2.07. The number of pyridine rings is 1. The molecule has 110 valence electrons. The highest BCUT2D eigenvalue weighted by Crippen LogP contribution is 2.18. The van der Waals surface area contributed by atoms with Gasteiger partial charge in [-0.2, -0.15) is 0 Å². The van der Waals surface area contributed by atoms with Gasteiger partial charge in [0, 0.05) is 22.5 Å². The van der Waals surface area contributed by atoms with E-state index in [1.807, 2.05) is 0 Å². The minimum absolute atomic E-state index is 0.0625. The first-order valence-electron chi connectivity index (χ1n) is 5.79. The van der Waals surface area contributed by atoms with Gasteiger partial charge in [-0.05, 0) is 30.3 Å². The van der Waals surface area contributed by atoms with Crippen molar-refractivity contribution in [1.82, 2.24) is 4.98 Å². The Morgan fingerprint density at radius 1 is 1.29 bits per heavy atom. The molecule has 3 N–H and O–H groups in total. The van der Waals surface area contributed by atoms with E-state index in [-0.39, 0.29) is 5.03 Å². The number of anilines is 2. The molecular formula is C13H12ClN3O3S. The number of aromatic nitrogens is 1. The monoisotopic (exact) mass is 325 g/mol. The normalized spacial score (nSPS) is 11.1. The minimum atomic E-state index is -3.37. The third-order valence-corrected chi connectivity index (χ3v) is 3.78. The summed E-state index contributed by atoms with van der Waals surface area (Å²) in [5.41, 5.74) is 6.65. The first kappa shape index (κ1) is 15.3. The second-order valence-electron chi connectivity index (χ2n) is 4.38. The number of benzene rings is 1. The molecule has 8 heteroatoms. The van der Waals surface area contributed by atoms with Crippen LogP contribution in [-0.2, 0) is 9.84 Å². The second-order valence-corrected chi connectivity index (χ2v) is 6.78. The third kappa shape index (κ3) is 3.93. The smallest absolute Gasteiger partial charge is 0.255 e. The summed E-state index contributed by atoms with van der Waals surface area (Å²) in [4.78, 5) is 15.8. The average molecular weight is 326 g/mol. The van der Waals surface area contributed by atoms with Crippen molar-refractivity contribution >= 4 is 38.7 Å². The van der Waals surface area contributed by atoms with Gasteiger partial charge in [-0.3, -0.25) is 4.79 Å². The van der Waals surface area contributed by atoms with E-state index in [0.29, 0.717) is 22.0 Å². The zero-order valence-corrected chi connectivity index (χ0v) is 12.6. The lowest BCUT2D eigenvalue weighted by molar-refractivity contribution is 0.102. The van der Waals surface area contributed by atoms with Crippen LogP contribution < -0.4 is 11.1 Å². The van der Waals surface area contributed by atoms with E-state index in [0.717, 1.165) is 6.26 Å². The summed E-state index contributed by atoms with van der Waals surface area (Å²) < 4.78 is 22.6. The molecule has 0 radical (unpaired) electrons. The number of carbonyl (C=O) groups is 1. The van der Waals surface area contributed by atoms with Crippen molar-refractivity contribution in [2.45, 2.75) is 5.03 Å². The van der Waals surface area contributed by atoms with E-state index in [2.05, 4.69) is 10.3 Å². The van der Waals surface area contributed by atoms with Crippen LogP contribution in [0, 0.1) is 0 Å². The molecule has 0 unspecified atom stereocenters. The first-order valence-corrected chi connectivity index (χ1v) is 8.06. The van der Waals surface area contributed by atoms with Crippen LogP contribution in [0.5, 0.6) is 0 Å². The molecule has 0 aliphatic rings. The molecule has 0 aliphatic heterocycles. The summed E-state index contributed by atoms with van der Waals surface area (Å²) in [6.07, 6.45) is 2.32. The van der Waals surface area contributed by atoms with Crippen LogP contribution in [0.1, 0.15) is 10.4 Å². The summed E-state index contributed by atoms with van der Waals surface area (Å²) >= 11 is 5.83.